The Kier molecular flexibility index (Phi) is 4.84. The van der Waals surface area contributed by atoms with Gasteiger partial charge in [-0.1, -0.05) is 17.7 Å². The lowest BCUT2D eigenvalue weighted by atomic mass is 10.2. The Bertz CT molecular complexity index is 766. The topological polar surface area (TPSA) is 75.7 Å². The smallest absolute Gasteiger partial charge is 0.280 e. The third kappa shape index (κ3) is 3.46. The number of hydrogen-bond acceptors (Lipinski definition) is 5. The molecular formula is C14H16N2O4S2. The van der Waals surface area contributed by atoms with Crippen LogP contribution in [0.4, 0.5) is 5.69 Å². The predicted molar refractivity (Wildman–Crippen MR) is 85.4 cm³/mol. The van der Waals surface area contributed by atoms with Crippen LogP contribution in [0.5, 0.6) is 0 Å². The van der Waals surface area contributed by atoms with Crippen molar-refractivity contribution in [2.45, 2.75) is 11.8 Å². The minimum absolute atomic E-state index is 0.0630. The van der Waals surface area contributed by atoms with E-state index in [-0.39, 0.29) is 9.77 Å². The van der Waals surface area contributed by atoms with Crippen LogP contribution in [0.25, 0.3) is 0 Å². The zero-order valence-corrected chi connectivity index (χ0v) is 14.0. The number of nitrogens with zero attached hydrogens (tertiary/aromatic N) is 1. The van der Waals surface area contributed by atoms with Gasteiger partial charge in [0.2, 0.25) is 0 Å². The van der Waals surface area contributed by atoms with Gasteiger partial charge in [-0.2, -0.15) is 0 Å². The molecular weight excluding hydrogens is 324 g/mol. The highest BCUT2D eigenvalue weighted by molar-refractivity contribution is 7.93. The van der Waals surface area contributed by atoms with Crippen molar-refractivity contribution in [1.82, 2.24) is 5.06 Å². The number of carbonyl (C=O) groups excluding carboxylic acids is 1. The molecule has 0 saturated heterocycles. The van der Waals surface area contributed by atoms with E-state index in [9.17, 15) is 13.2 Å². The Labute approximate surface area is 133 Å². The third-order valence-corrected chi connectivity index (χ3v) is 5.43. The highest BCUT2D eigenvalue weighted by Gasteiger charge is 2.26. The van der Waals surface area contributed by atoms with Gasteiger partial charge in [0, 0.05) is 12.7 Å². The molecule has 0 spiro atoms. The fourth-order valence-electron chi connectivity index (χ4n) is 1.72. The molecule has 22 heavy (non-hydrogen) atoms. The van der Waals surface area contributed by atoms with Crippen molar-refractivity contribution < 1.29 is 18.0 Å². The van der Waals surface area contributed by atoms with Crippen LogP contribution in [-0.2, 0) is 14.9 Å². The Hall–Kier alpha value is -1.90. The van der Waals surface area contributed by atoms with Crippen molar-refractivity contribution in [3.63, 3.8) is 0 Å². The van der Waals surface area contributed by atoms with Gasteiger partial charge in [-0.05, 0) is 30.5 Å². The molecule has 118 valence electrons. The van der Waals surface area contributed by atoms with E-state index in [1.807, 2.05) is 6.92 Å². The number of benzene rings is 1. The summed E-state index contributed by atoms with van der Waals surface area (Å²) >= 11 is 1.05. The molecule has 0 unspecified atom stereocenters. The van der Waals surface area contributed by atoms with E-state index >= 15 is 0 Å². The zero-order chi connectivity index (χ0) is 16.3. The largest absolute Gasteiger partial charge is 0.288 e. The number of rotatable bonds is 5. The lowest BCUT2D eigenvalue weighted by Crippen LogP contribution is -2.26. The number of hydrogen-bond donors (Lipinski definition) is 1. The van der Waals surface area contributed by atoms with Crippen molar-refractivity contribution in [2.24, 2.45) is 0 Å². The molecule has 1 heterocycles. The molecule has 1 aromatic carbocycles. The molecule has 0 saturated carbocycles. The molecule has 2 rings (SSSR count). The van der Waals surface area contributed by atoms with Crippen LogP contribution in [0.1, 0.15) is 15.2 Å². The van der Waals surface area contributed by atoms with E-state index in [1.54, 1.807) is 29.6 Å². The molecule has 0 fully saturated rings. The molecule has 0 radical (unpaired) electrons. The van der Waals surface area contributed by atoms with Gasteiger partial charge < -0.3 is 0 Å². The van der Waals surface area contributed by atoms with Crippen LogP contribution in [-0.4, -0.2) is 33.5 Å². The molecule has 1 aromatic heterocycles. The monoisotopic (exact) mass is 340 g/mol. The fraction of sp³-hybridized carbons (Fsp3) is 0.214. The van der Waals surface area contributed by atoms with Gasteiger partial charge in [-0.15, -0.1) is 11.3 Å². The summed E-state index contributed by atoms with van der Waals surface area (Å²) in [5, 5.41) is 2.54. The number of aryl methyl sites for hydroxylation is 1. The first-order chi connectivity index (χ1) is 10.3. The molecule has 8 heteroatoms. The molecule has 0 bridgehead atoms. The van der Waals surface area contributed by atoms with Crippen molar-refractivity contribution >= 4 is 33.0 Å². The SMILES string of the molecule is CON(C)C(=O)c1sccc1S(=O)(=O)Nc1ccc(C)cc1. The third-order valence-electron chi connectivity index (χ3n) is 2.98. The summed E-state index contributed by atoms with van der Waals surface area (Å²) in [7, 11) is -1.08. The molecule has 2 aromatic rings. The van der Waals surface area contributed by atoms with Gasteiger partial charge in [0.15, 0.2) is 0 Å². The predicted octanol–water partition coefficient (Wildman–Crippen LogP) is 2.49. The minimum Gasteiger partial charge on any atom is -0.280 e. The molecule has 0 aliphatic carbocycles. The fourth-order valence-corrected chi connectivity index (χ4v) is 4.17. The molecule has 0 aliphatic rings. The summed E-state index contributed by atoms with van der Waals surface area (Å²) in [6.07, 6.45) is 0. The Morgan fingerprint density at radius 3 is 2.45 bits per heavy atom. The first kappa shape index (κ1) is 16.5. The van der Waals surface area contributed by atoms with Gasteiger partial charge in [0.25, 0.3) is 15.9 Å². The van der Waals surface area contributed by atoms with Crippen molar-refractivity contribution in [2.75, 3.05) is 18.9 Å². The van der Waals surface area contributed by atoms with Gasteiger partial charge >= 0.3 is 0 Å². The highest BCUT2D eigenvalue weighted by atomic mass is 32.2. The van der Waals surface area contributed by atoms with Gasteiger partial charge in [0.1, 0.15) is 9.77 Å². The van der Waals surface area contributed by atoms with Crippen molar-refractivity contribution in [3.05, 3.63) is 46.2 Å². The van der Waals surface area contributed by atoms with Crippen LogP contribution in [0.3, 0.4) is 0 Å². The van der Waals surface area contributed by atoms with Gasteiger partial charge in [-0.25, -0.2) is 13.5 Å². The highest BCUT2D eigenvalue weighted by Crippen LogP contribution is 2.25. The van der Waals surface area contributed by atoms with E-state index in [0.29, 0.717) is 5.69 Å². The zero-order valence-electron chi connectivity index (χ0n) is 12.4. The van der Waals surface area contributed by atoms with Crippen LogP contribution < -0.4 is 4.72 Å². The number of anilines is 1. The molecule has 6 nitrogen and oxygen atoms in total. The van der Waals surface area contributed by atoms with Crippen LogP contribution in [0.2, 0.25) is 0 Å². The number of carbonyl (C=O) groups is 1. The first-order valence-electron chi connectivity index (χ1n) is 6.34. The standard InChI is InChI=1S/C14H16N2O4S2/c1-10-4-6-11(7-5-10)15-22(18,19)12-8-9-21-13(12)14(17)16(2)20-3/h4-9,15H,1-3H3. The van der Waals surface area contributed by atoms with Crippen LogP contribution in [0, 0.1) is 6.92 Å². The number of sulfonamides is 1. The molecule has 1 N–H and O–H groups in total. The number of hydroxylamine groups is 2. The van der Waals surface area contributed by atoms with E-state index in [4.69, 9.17) is 4.84 Å². The second-order valence-electron chi connectivity index (χ2n) is 4.57. The maximum absolute atomic E-state index is 12.5. The lowest BCUT2D eigenvalue weighted by Gasteiger charge is -2.14. The number of thiophene rings is 1. The van der Waals surface area contributed by atoms with Crippen LogP contribution >= 0.6 is 11.3 Å². The second kappa shape index (κ2) is 6.47. The Balaban J connectivity index is 2.33. The number of amides is 1. The maximum Gasteiger partial charge on any atom is 0.288 e. The molecule has 0 aliphatic heterocycles. The van der Waals surface area contributed by atoms with E-state index in [0.717, 1.165) is 22.0 Å². The summed E-state index contributed by atoms with van der Waals surface area (Å²) in [5.41, 5.74) is 1.46. The normalized spacial score (nSPS) is 11.2. The summed E-state index contributed by atoms with van der Waals surface area (Å²) in [6.45, 7) is 1.91. The number of nitrogens with one attached hydrogen (secondary N) is 1. The Morgan fingerprint density at radius 2 is 1.86 bits per heavy atom. The summed E-state index contributed by atoms with van der Waals surface area (Å²) in [6, 6.07) is 8.34. The lowest BCUT2D eigenvalue weighted by molar-refractivity contribution is -0.0755. The van der Waals surface area contributed by atoms with Gasteiger partial charge in [0.05, 0.1) is 7.11 Å². The van der Waals surface area contributed by atoms with E-state index < -0.39 is 15.9 Å². The Morgan fingerprint density at radius 1 is 1.23 bits per heavy atom. The average Bonchev–Trinajstić information content (AvgIpc) is 2.98. The van der Waals surface area contributed by atoms with Crippen molar-refractivity contribution in [1.29, 1.82) is 0 Å². The van der Waals surface area contributed by atoms with Gasteiger partial charge in [-0.3, -0.25) is 14.4 Å². The quantitative estimate of drug-likeness (QED) is 0.849. The summed E-state index contributed by atoms with van der Waals surface area (Å²) in [5.74, 6) is -0.512. The molecule has 0 atom stereocenters. The average molecular weight is 340 g/mol. The minimum atomic E-state index is -3.84. The second-order valence-corrected chi connectivity index (χ2v) is 7.14. The summed E-state index contributed by atoms with van der Waals surface area (Å²) in [4.78, 5) is 17.0. The van der Waals surface area contributed by atoms with Crippen molar-refractivity contribution in [3.8, 4) is 0 Å². The van der Waals surface area contributed by atoms with Crippen LogP contribution in [0.15, 0.2) is 40.6 Å². The first-order valence-corrected chi connectivity index (χ1v) is 8.70. The van der Waals surface area contributed by atoms with E-state index in [2.05, 4.69) is 4.72 Å². The summed E-state index contributed by atoms with van der Waals surface area (Å²) < 4.78 is 27.4. The molecule has 1 amide bonds. The van der Waals surface area contributed by atoms with E-state index in [1.165, 1.54) is 20.2 Å². The maximum atomic E-state index is 12.5.